The average molecular weight is 481 g/mol. The molecule has 0 aromatic heterocycles. The number of ether oxygens (including phenoxy) is 1. The monoisotopic (exact) mass is 479 g/mol. The molecule has 3 rings (SSSR count). The van der Waals surface area contributed by atoms with Crippen molar-refractivity contribution in [2.24, 2.45) is 0 Å². The van der Waals surface area contributed by atoms with Gasteiger partial charge in [0.25, 0.3) is 5.91 Å². The third-order valence-electron chi connectivity index (χ3n) is 3.75. The Morgan fingerprint density at radius 2 is 2.00 bits per heavy atom. The van der Waals surface area contributed by atoms with Crippen LogP contribution in [-0.4, -0.2) is 21.7 Å². The van der Waals surface area contributed by atoms with E-state index in [-0.39, 0.29) is 5.91 Å². The molecule has 0 radical (unpaired) electrons. The maximum Gasteiger partial charge on any atom is 0.266 e. The second kappa shape index (κ2) is 9.06. The summed E-state index contributed by atoms with van der Waals surface area (Å²) in [5, 5.41) is 0.685. The lowest BCUT2D eigenvalue weighted by Gasteiger charge is -2.11. The highest BCUT2D eigenvalue weighted by Gasteiger charge is 2.31. The van der Waals surface area contributed by atoms with Gasteiger partial charge in [-0.05, 0) is 42.0 Å². The summed E-state index contributed by atoms with van der Waals surface area (Å²) in [6, 6.07) is 13.2. The summed E-state index contributed by atoms with van der Waals surface area (Å²) < 4.78 is 7.40. The molecule has 1 fully saturated rings. The van der Waals surface area contributed by atoms with Gasteiger partial charge in [0.15, 0.2) is 0 Å². The molecule has 0 bridgehead atoms. The number of carbonyl (C=O) groups excluding carboxylic acids is 1. The van der Waals surface area contributed by atoms with E-state index < -0.39 is 0 Å². The van der Waals surface area contributed by atoms with E-state index in [0.29, 0.717) is 33.1 Å². The second-order valence-electron chi connectivity index (χ2n) is 5.68. The first-order chi connectivity index (χ1) is 13.0. The normalized spacial score (nSPS) is 15.5. The van der Waals surface area contributed by atoms with Crippen LogP contribution in [0.1, 0.15) is 11.1 Å². The van der Waals surface area contributed by atoms with Gasteiger partial charge < -0.3 is 4.74 Å². The van der Waals surface area contributed by atoms with Crippen LogP contribution in [0.15, 0.2) is 64.5 Å². The van der Waals surface area contributed by atoms with E-state index in [4.69, 9.17) is 28.6 Å². The van der Waals surface area contributed by atoms with Crippen LogP contribution in [0.4, 0.5) is 0 Å². The number of thiocarbonyl (C=S) groups is 1. The van der Waals surface area contributed by atoms with E-state index in [1.807, 2.05) is 48.5 Å². The molecule has 138 valence electrons. The van der Waals surface area contributed by atoms with Crippen molar-refractivity contribution in [2.45, 2.75) is 6.61 Å². The Labute approximate surface area is 181 Å². The quantitative estimate of drug-likeness (QED) is 0.285. The lowest BCUT2D eigenvalue weighted by atomic mass is 10.1. The second-order valence-corrected chi connectivity index (χ2v) is 8.71. The summed E-state index contributed by atoms with van der Waals surface area (Å²) >= 11 is 16.0. The summed E-state index contributed by atoms with van der Waals surface area (Å²) in [6.07, 6.45) is 3.47. The zero-order chi connectivity index (χ0) is 19.4. The third-order valence-corrected chi connectivity index (χ3v) is 5.87. The first kappa shape index (κ1) is 20.1. The number of carbonyl (C=O) groups is 1. The largest absolute Gasteiger partial charge is 0.488 e. The third kappa shape index (κ3) is 5.02. The van der Waals surface area contributed by atoms with Crippen LogP contribution in [0.25, 0.3) is 6.08 Å². The van der Waals surface area contributed by atoms with E-state index in [0.717, 1.165) is 15.6 Å². The molecule has 1 saturated heterocycles. The molecule has 27 heavy (non-hydrogen) atoms. The number of hydrogen-bond donors (Lipinski definition) is 0. The van der Waals surface area contributed by atoms with E-state index in [1.165, 1.54) is 16.7 Å². The molecule has 0 aliphatic carbocycles. The highest BCUT2D eigenvalue weighted by molar-refractivity contribution is 9.10. The van der Waals surface area contributed by atoms with Crippen molar-refractivity contribution < 1.29 is 9.53 Å². The minimum Gasteiger partial charge on any atom is -0.488 e. The van der Waals surface area contributed by atoms with Crippen LogP contribution in [0.2, 0.25) is 5.02 Å². The molecule has 1 amide bonds. The van der Waals surface area contributed by atoms with Gasteiger partial charge in [-0.2, -0.15) is 0 Å². The fourth-order valence-corrected chi connectivity index (χ4v) is 4.20. The molecule has 2 aromatic rings. The molecule has 3 nitrogen and oxygen atoms in total. The zero-order valence-corrected chi connectivity index (χ0v) is 18.1. The lowest BCUT2D eigenvalue weighted by Crippen LogP contribution is -2.27. The van der Waals surface area contributed by atoms with Gasteiger partial charge >= 0.3 is 0 Å². The first-order valence-electron chi connectivity index (χ1n) is 8.01. The van der Waals surface area contributed by atoms with Crippen molar-refractivity contribution in [2.75, 3.05) is 6.54 Å². The summed E-state index contributed by atoms with van der Waals surface area (Å²) in [6.45, 7) is 4.47. The topological polar surface area (TPSA) is 29.5 Å². The van der Waals surface area contributed by atoms with Crippen molar-refractivity contribution in [3.63, 3.8) is 0 Å². The van der Waals surface area contributed by atoms with Crippen molar-refractivity contribution in [1.82, 2.24) is 4.90 Å². The van der Waals surface area contributed by atoms with Gasteiger partial charge in [-0.25, -0.2) is 0 Å². The summed E-state index contributed by atoms with van der Waals surface area (Å²) in [7, 11) is 0. The zero-order valence-electron chi connectivity index (χ0n) is 14.2. The van der Waals surface area contributed by atoms with Gasteiger partial charge in [0, 0.05) is 21.6 Å². The SMILES string of the molecule is C=CCN1C(=O)/C(=C/c2cc(Br)ccc2OCc2ccc(Cl)cc2)SC1=S. The van der Waals surface area contributed by atoms with Crippen molar-refractivity contribution in [1.29, 1.82) is 0 Å². The van der Waals surface area contributed by atoms with E-state index in [2.05, 4.69) is 22.5 Å². The first-order valence-corrected chi connectivity index (χ1v) is 10.4. The molecular formula is C20H15BrClNO2S2. The molecule has 0 atom stereocenters. The summed E-state index contributed by atoms with van der Waals surface area (Å²) in [5.74, 6) is 0.565. The van der Waals surface area contributed by atoms with Crippen LogP contribution >= 0.6 is 51.5 Å². The number of thioether (sulfide) groups is 1. The smallest absolute Gasteiger partial charge is 0.266 e. The number of halogens is 2. The van der Waals surface area contributed by atoms with Gasteiger partial charge in [0.05, 0.1) is 4.91 Å². The molecule has 2 aromatic carbocycles. The number of rotatable bonds is 6. The fraction of sp³-hybridized carbons (Fsp3) is 0.100. The molecule has 1 heterocycles. The molecule has 1 aliphatic heterocycles. The van der Waals surface area contributed by atoms with Gasteiger partial charge in [0.1, 0.15) is 16.7 Å². The predicted octanol–water partition coefficient (Wildman–Crippen LogP) is 6.07. The predicted molar refractivity (Wildman–Crippen MR) is 120 cm³/mol. The maximum absolute atomic E-state index is 12.6. The molecule has 0 unspecified atom stereocenters. The lowest BCUT2D eigenvalue weighted by molar-refractivity contribution is -0.121. The van der Waals surface area contributed by atoms with E-state index in [9.17, 15) is 4.79 Å². The number of amides is 1. The van der Waals surface area contributed by atoms with Gasteiger partial charge in [-0.15, -0.1) is 6.58 Å². The van der Waals surface area contributed by atoms with E-state index >= 15 is 0 Å². The summed E-state index contributed by atoms with van der Waals surface area (Å²) in [5.41, 5.74) is 1.81. The van der Waals surface area contributed by atoms with Crippen molar-refractivity contribution in [3.8, 4) is 5.75 Å². The van der Waals surface area contributed by atoms with Crippen molar-refractivity contribution in [3.05, 3.63) is 80.6 Å². The van der Waals surface area contributed by atoms with Crippen LogP contribution in [0, 0.1) is 0 Å². The van der Waals surface area contributed by atoms with Crippen LogP contribution in [0.5, 0.6) is 5.75 Å². The Balaban J connectivity index is 1.84. The van der Waals surface area contributed by atoms with Crippen LogP contribution in [-0.2, 0) is 11.4 Å². The number of nitrogens with zero attached hydrogens (tertiary/aromatic N) is 1. The molecular weight excluding hydrogens is 466 g/mol. The van der Waals surface area contributed by atoms with E-state index in [1.54, 1.807) is 6.08 Å². The number of hydrogen-bond acceptors (Lipinski definition) is 4. The minimum atomic E-state index is -0.117. The Bertz CT molecular complexity index is 928. The Morgan fingerprint density at radius 3 is 2.70 bits per heavy atom. The summed E-state index contributed by atoms with van der Waals surface area (Å²) in [4.78, 5) is 14.7. The van der Waals surface area contributed by atoms with Crippen LogP contribution in [0.3, 0.4) is 0 Å². The molecule has 1 aliphatic rings. The Kier molecular flexibility index (Phi) is 6.76. The maximum atomic E-state index is 12.6. The highest BCUT2D eigenvalue weighted by atomic mass is 79.9. The van der Waals surface area contributed by atoms with Crippen molar-refractivity contribution >= 4 is 67.8 Å². The Morgan fingerprint density at radius 1 is 1.26 bits per heavy atom. The van der Waals surface area contributed by atoms with Gasteiger partial charge in [-0.1, -0.05) is 69.7 Å². The number of benzene rings is 2. The fourth-order valence-electron chi connectivity index (χ4n) is 2.43. The standard InChI is InChI=1S/C20H15BrClNO2S2/c1-2-9-23-19(24)18(27-20(23)26)11-14-10-15(21)5-8-17(14)25-12-13-3-6-16(22)7-4-13/h2-8,10-11H,1,9,12H2/b18-11-. The van der Waals surface area contributed by atoms with Gasteiger partial charge in [0.2, 0.25) is 0 Å². The van der Waals surface area contributed by atoms with Gasteiger partial charge in [-0.3, -0.25) is 9.69 Å². The molecule has 0 N–H and O–H groups in total. The average Bonchev–Trinajstić information content (AvgIpc) is 2.90. The minimum absolute atomic E-state index is 0.117. The molecule has 0 saturated carbocycles. The Hall–Kier alpha value is -1.60. The molecule has 7 heteroatoms. The highest BCUT2D eigenvalue weighted by Crippen LogP contribution is 2.35. The van der Waals surface area contributed by atoms with Crippen LogP contribution < -0.4 is 4.74 Å². The molecule has 0 spiro atoms.